The minimum Gasteiger partial charge on any atom is -0.508 e. The molecule has 0 radical (unpaired) electrons. The van der Waals surface area contributed by atoms with Crippen molar-refractivity contribution in [2.24, 2.45) is 10.9 Å². The predicted octanol–water partition coefficient (Wildman–Crippen LogP) is 6.57. The predicted molar refractivity (Wildman–Crippen MR) is 247 cm³/mol. The molecule has 328 valence electrons. The number of hydrogen-bond donors (Lipinski definition) is 5. The third-order valence-electron chi connectivity index (χ3n) is 11.6. The number of carbonyl (C=O) groups is 3. The Labute approximate surface area is 370 Å². The molecule has 3 heterocycles. The van der Waals surface area contributed by atoms with Gasteiger partial charge in [-0.1, -0.05) is 69.0 Å². The van der Waals surface area contributed by atoms with Crippen LogP contribution in [-0.4, -0.2) is 82.4 Å². The Bertz CT molecular complexity index is 2660. The van der Waals surface area contributed by atoms with Gasteiger partial charge in [-0.25, -0.2) is 14.7 Å². The number of phenols is 1. The van der Waals surface area contributed by atoms with Gasteiger partial charge < -0.3 is 36.2 Å². The first-order chi connectivity index (χ1) is 30.9. The van der Waals surface area contributed by atoms with Crippen molar-refractivity contribution in [1.82, 2.24) is 20.2 Å². The highest BCUT2D eigenvalue weighted by molar-refractivity contribution is 6.23. The molecule has 0 aliphatic carbocycles. The molecule has 5 aromatic rings. The fourth-order valence-corrected chi connectivity index (χ4v) is 8.32. The number of primary amides is 1. The molecule has 6 N–H and O–H groups in total. The van der Waals surface area contributed by atoms with Crippen LogP contribution in [0.15, 0.2) is 96.7 Å². The molecule has 1 saturated heterocycles. The quantitative estimate of drug-likeness (QED) is 0.0347. The van der Waals surface area contributed by atoms with Crippen LogP contribution in [0, 0.1) is 21.6 Å². The number of nitroso groups, excluding NO2 is 1. The van der Waals surface area contributed by atoms with Crippen LogP contribution in [0.25, 0.3) is 10.8 Å². The normalized spacial score (nSPS) is 14.7. The van der Waals surface area contributed by atoms with Gasteiger partial charge >= 0.3 is 6.03 Å². The van der Waals surface area contributed by atoms with Crippen molar-refractivity contribution in [3.05, 3.63) is 124 Å². The van der Waals surface area contributed by atoms with E-state index in [1.54, 1.807) is 29.2 Å². The summed E-state index contributed by atoms with van der Waals surface area (Å²) in [5.41, 5.74) is 9.95. The number of phenolic OH excluding ortho intramolecular Hbond substituents is 1. The van der Waals surface area contributed by atoms with Gasteiger partial charge in [-0.2, -0.15) is 10.2 Å². The van der Waals surface area contributed by atoms with Gasteiger partial charge in [-0.3, -0.25) is 15.0 Å². The number of urea groups is 1. The molecule has 0 bridgehead atoms. The van der Waals surface area contributed by atoms with Crippen LogP contribution in [0.1, 0.15) is 60.6 Å². The first kappa shape index (κ1) is 44.2. The number of amidine groups is 1. The van der Waals surface area contributed by atoms with Gasteiger partial charge in [-0.05, 0) is 64.4 Å². The number of nitrogens with one attached hydrogen (secondary N) is 3. The Morgan fingerprint density at radius 1 is 1.06 bits per heavy atom. The zero-order valence-electron chi connectivity index (χ0n) is 35.8. The topological polar surface area (TPSA) is 237 Å². The maximum Gasteiger partial charge on any atom is 0.325 e. The van der Waals surface area contributed by atoms with E-state index >= 15 is 0 Å². The number of aromatic nitrogens is 2. The fraction of sp³-hybridized carbons (Fsp3) is 0.298. The number of nitrogens with zero attached hydrogens (tertiary/aromatic N) is 8. The SMILES string of the molecule is C=CC(=O)N1CCN(c2nc(NCCC(=O)NCc3ccc(N(C(=N)c4cc(C(C)C)c(O)cc4N=O)C(N)=O)cc3)nc3c2CCN(c2cccc4ccccc24)C3)C[C@H]1CC#N. The van der Waals surface area contributed by atoms with Crippen LogP contribution < -0.4 is 31.1 Å². The average molecular weight is 863 g/mol. The number of benzene rings is 4. The zero-order chi connectivity index (χ0) is 45.5. The maximum atomic E-state index is 13.1. The minimum absolute atomic E-state index is 0.0316. The van der Waals surface area contributed by atoms with E-state index in [-0.39, 0.29) is 78.2 Å². The Morgan fingerprint density at radius 3 is 2.55 bits per heavy atom. The van der Waals surface area contributed by atoms with Gasteiger partial charge in [0.25, 0.3) is 0 Å². The van der Waals surface area contributed by atoms with E-state index in [2.05, 4.69) is 68.6 Å². The second-order valence-corrected chi connectivity index (χ2v) is 16.0. The van der Waals surface area contributed by atoms with Crippen LogP contribution in [0.5, 0.6) is 5.75 Å². The molecule has 2 aliphatic rings. The van der Waals surface area contributed by atoms with Crippen LogP contribution in [0.4, 0.5) is 33.6 Å². The number of amides is 4. The second kappa shape index (κ2) is 19.5. The lowest BCUT2D eigenvalue weighted by Crippen LogP contribution is -2.55. The number of carbonyl (C=O) groups excluding carboxylic acids is 3. The molecule has 17 heteroatoms. The van der Waals surface area contributed by atoms with Crippen LogP contribution in [0.3, 0.4) is 0 Å². The van der Waals surface area contributed by atoms with Crippen molar-refractivity contribution in [2.45, 2.75) is 58.2 Å². The lowest BCUT2D eigenvalue weighted by Gasteiger charge is -2.42. The molecule has 0 saturated carbocycles. The summed E-state index contributed by atoms with van der Waals surface area (Å²) in [6.45, 7) is 10.4. The number of nitrogens with two attached hydrogens (primary N) is 1. The maximum absolute atomic E-state index is 13.1. The van der Waals surface area contributed by atoms with E-state index in [0.29, 0.717) is 49.7 Å². The van der Waals surface area contributed by atoms with Gasteiger partial charge in [0.15, 0.2) is 0 Å². The number of rotatable bonds is 14. The number of anilines is 4. The minimum atomic E-state index is -0.961. The Balaban J connectivity index is 1.03. The van der Waals surface area contributed by atoms with Gasteiger partial charge in [0.1, 0.15) is 23.1 Å². The number of hydrogen-bond acceptors (Lipinski definition) is 13. The molecular weight excluding hydrogens is 813 g/mol. The van der Waals surface area contributed by atoms with Crippen molar-refractivity contribution in [3.8, 4) is 11.8 Å². The summed E-state index contributed by atoms with van der Waals surface area (Å²) in [6.07, 6.45) is 2.24. The first-order valence-corrected chi connectivity index (χ1v) is 21.1. The van der Waals surface area contributed by atoms with Crippen LogP contribution >= 0.6 is 0 Å². The van der Waals surface area contributed by atoms with E-state index in [0.717, 1.165) is 51.0 Å². The molecule has 0 unspecified atom stereocenters. The first-order valence-electron chi connectivity index (χ1n) is 21.1. The third-order valence-corrected chi connectivity index (χ3v) is 11.6. The molecule has 7 rings (SSSR count). The lowest BCUT2D eigenvalue weighted by atomic mass is 9.97. The van der Waals surface area contributed by atoms with Gasteiger partial charge in [-0.15, -0.1) is 4.91 Å². The van der Waals surface area contributed by atoms with Crippen molar-refractivity contribution in [2.75, 3.05) is 52.7 Å². The molecule has 0 spiro atoms. The highest BCUT2D eigenvalue weighted by atomic mass is 16.3. The molecule has 4 amide bonds. The van der Waals surface area contributed by atoms with Crippen molar-refractivity contribution >= 4 is 63.3 Å². The summed E-state index contributed by atoms with van der Waals surface area (Å²) in [4.78, 5) is 67.1. The van der Waals surface area contributed by atoms with Crippen molar-refractivity contribution < 1.29 is 19.5 Å². The van der Waals surface area contributed by atoms with E-state index in [1.165, 1.54) is 12.1 Å². The summed E-state index contributed by atoms with van der Waals surface area (Å²) < 4.78 is 0. The molecule has 1 fully saturated rings. The van der Waals surface area contributed by atoms with E-state index in [1.807, 2.05) is 26.0 Å². The summed E-state index contributed by atoms with van der Waals surface area (Å²) in [7, 11) is 0. The third kappa shape index (κ3) is 9.45. The summed E-state index contributed by atoms with van der Waals surface area (Å²) in [5, 5.41) is 40.2. The average Bonchev–Trinajstić information content (AvgIpc) is 3.30. The number of nitriles is 1. The Morgan fingerprint density at radius 2 is 1.83 bits per heavy atom. The molecular formula is C47H50N12O5. The largest absolute Gasteiger partial charge is 0.508 e. The smallest absolute Gasteiger partial charge is 0.325 e. The van der Waals surface area contributed by atoms with E-state index in [9.17, 15) is 29.7 Å². The van der Waals surface area contributed by atoms with Crippen molar-refractivity contribution in [1.29, 1.82) is 10.7 Å². The van der Waals surface area contributed by atoms with Crippen LogP contribution in [0.2, 0.25) is 0 Å². The summed E-state index contributed by atoms with van der Waals surface area (Å²) in [5.74, 6) is 0.00196. The number of piperazine rings is 1. The highest BCUT2D eigenvalue weighted by Crippen LogP contribution is 2.36. The Hall–Kier alpha value is -7.87. The molecule has 17 nitrogen and oxygen atoms in total. The fourth-order valence-electron chi connectivity index (χ4n) is 8.32. The molecule has 64 heavy (non-hydrogen) atoms. The van der Waals surface area contributed by atoms with E-state index in [4.69, 9.17) is 21.1 Å². The van der Waals surface area contributed by atoms with Crippen LogP contribution in [-0.2, 0) is 29.1 Å². The van der Waals surface area contributed by atoms with Gasteiger partial charge in [0.05, 0.1) is 36.5 Å². The number of aromatic hydroxyl groups is 1. The van der Waals surface area contributed by atoms with E-state index < -0.39 is 6.03 Å². The lowest BCUT2D eigenvalue weighted by molar-refractivity contribution is -0.128. The molecule has 2 aliphatic heterocycles. The number of fused-ring (bicyclic) bond motifs is 2. The summed E-state index contributed by atoms with van der Waals surface area (Å²) >= 11 is 0. The summed E-state index contributed by atoms with van der Waals surface area (Å²) in [6, 6.07) is 24.6. The van der Waals surface area contributed by atoms with Gasteiger partial charge in [0.2, 0.25) is 17.8 Å². The standard InChI is InChI=1S/C47H50N12O5/c1-4-43(62)58-23-22-57(27-33(58)16-19-48)45-35-18-21-56(40-11-7-9-31-8-5-6-10-34(31)40)28-39(35)53-47(54-45)51-20-17-42(61)52-26-30-12-14-32(15-13-30)59(46(50)63)44(49)37-24-36(29(2)3)41(60)25-38(37)55-64/h4-15,24-25,29,33,49,60H,1,16-18,20-23,26-28H2,2-3H3,(H2,50,63)(H,52,61)(H,51,53,54)/t33-/m1/s1. The monoisotopic (exact) mass is 862 g/mol. The zero-order valence-corrected chi connectivity index (χ0v) is 35.8. The Kier molecular flexibility index (Phi) is 13.4. The molecule has 1 aromatic heterocycles. The van der Waals surface area contributed by atoms with Gasteiger partial charge in [0, 0.05) is 74.0 Å². The second-order valence-electron chi connectivity index (χ2n) is 16.0. The molecule has 4 aromatic carbocycles. The highest BCUT2D eigenvalue weighted by Gasteiger charge is 2.33. The molecule has 1 atom stereocenters. The van der Waals surface area contributed by atoms with Crippen molar-refractivity contribution in [3.63, 3.8) is 0 Å².